The van der Waals surface area contributed by atoms with Crippen LogP contribution in [0.2, 0.25) is 0 Å². The molecule has 0 fully saturated rings. The summed E-state index contributed by atoms with van der Waals surface area (Å²) in [6.07, 6.45) is 2.14. The highest BCUT2D eigenvalue weighted by molar-refractivity contribution is 5.93. The van der Waals surface area contributed by atoms with E-state index in [0.29, 0.717) is 23.5 Å². The predicted molar refractivity (Wildman–Crippen MR) is 129 cm³/mol. The first kappa shape index (κ1) is 22.9. The topological polar surface area (TPSA) is 94.4 Å². The molecule has 2 heterocycles. The summed E-state index contributed by atoms with van der Waals surface area (Å²) in [6.45, 7) is 3.53. The third-order valence-electron chi connectivity index (χ3n) is 5.81. The van der Waals surface area contributed by atoms with Crippen molar-refractivity contribution >= 4 is 5.97 Å². The Morgan fingerprint density at radius 3 is 2.35 bits per heavy atom. The third kappa shape index (κ3) is 4.73. The van der Waals surface area contributed by atoms with Gasteiger partial charge in [-0.25, -0.2) is 4.79 Å². The molecule has 0 radical (unpaired) electrons. The lowest BCUT2D eigenvalue weighted by molar-refractivity contribution is -0.431. The third-order valence-corrected chi connectivity index (χ3v) is 5.81. The molecule has 0 saturated heterocycles. The second-order valence-corrected chi connectivity index (χ2v) is 8.04. The van der Waals surface area contributed by atoms with Crippen molar-refractivity contribution in [3.8, 4) is 11.1 Å². The number of dihydropyridines is 1. The molecular formula is C27H25N3O4. The van der Waals surface area contributed by atoms with Gasteiger partial charge in [0.2, 0.25) is 0 Å². The molecule has 1 aromatic heterocycles. The minimum atomic E-state index is -0.975. The van der Waals surface area contributed by atoms with Crippen molar-refractivity contribution < 1.29 is 14.5 Å². The molecule has 1 unspecified atom stereocenters. The Balaban J connectivity index is 1.73. The van der Waals surface area contributed by atoms with Crippen molar-refractivity contribution in [3.05, 3.63) is 123 Å². The Bertz CT molecular complexity index is 1270. The molecule has 1 aliphatic heterocycles. The molecule has 0 bridgehead atoms. The van der Waals surface area contributed by atoms with Gasteiger partial charge in [-0.3, -0.25) is 15.1 Å². The number of nitrogens with one attached hydrogen (secondary N) is 1. The van der Waals surface area contributed by atoms with E-state index in [0.717, 1.165) is 16.7 Å². The van der Waals surface area contributed by atoms with E-state index in [4.69, 9.17) is 4.74 Å². The number of nitro groups is 1. The van der Waals surface area contributed by atoms with Gasteiger partial charge in [0.1, 0.15) is 5.92 Å². The number of esters is 1. The molecule has 0 saturated carbocycles. The first-order valence-corrected chi connectivity index (χ1v) is 11.0. The van der Waals surface area contributed by atoms with Crippen LogP contribution in [0.5, 0.6) is 0 Å². The fourth-order valence-corrected chi connectivity index (χ4v) is 4.26. The van der Waals surface area contributed by atoms with Gasteiger partial charge >= 0.3 is 5.97 Å². The SMILES string of the molecule is CC1=C(C(=O)OCCc2ccccc2)C(c2ncccc2-c2ccccc2)C([N+](=O)[O-])=C(C)N1. The molecule has 1 N–H and O–H groups in total. The summed E-state index contributed by atoms with van der Waals surface area (Å²) >= 11 is 0. The van der Waals surface area contributed by atoms with E-state index in [1.807, 2.05) is 66.7 Å². The van der Waals surface area contributed by atoms with E-state index >= 15 is 0 Å². The van der Waals surface area contributed by atoms with E-state index in [1.54, 1.807) is 26.1 Å². The molecule has 34 heavy (non-hydrogen) atoms. The van der Waals surface area contributed by atoms with Crippen molar-refractivity contribution in [2.45, 2.75) is 26.2 Å². The summed E-state index contributed by atoms with van der Waals surface area (Å²) in [5.74, 6) is -1.57. The van der Waals surface area contributed by atoms with Gasteiger partial charge in [0.15, 0.2) is 0 Å². The predicted octanol–water partition coefficient (Wildman–Crippen LogP) is 5.00. The Labute approximate surface area is 198 Å². The maximum absolute atomic E-state index is 13.3. The molecule has 7 nitrogen and oxygen atoms in total. The number of hydrogen-bond donors (Lipinski definition) is 1. The van der Waals surface area contributed by atoms with Gasteiger partial charge < -0.3 is 10.1 Å². The largest absolute Gasteiger partial charge is 0.462 e. The highest BCUT2D eigenvalue weighted by atomic mass is 16.6. The van der Waals surface area contributed by atoms with Crippen molar-refractivity contribution in [3.63, 3.8) is 0 Å². The average Bonchev–Trinajstić information content (AvgIpc) is 2.84. The maximum atomic E-state index is 13.3. The number of carbonyl (C=O) groups excluding carboxylic acids is 1. The number of allylic oxidation sites excluding steroid dienone is 3. The first-order chi connectivity index (χ1) is 16.5. The number of pyridine rings is 1. The Hall–Kier alpha value is -4.26. The quantitative estimate of drug-likeness (QED) is 0.306. The number of rotatable bonds is 7. The van der Waals surface area contributed by atoms with E-state index in [2.05, 4.69) is 10.3 Å². The van der Waals surface area contributed by atoms with Gasteiger partial charge in [-0.05, 0) is 31.0 Å². The Morgan fingerprint density at radius 2 is 1.68 bits per heavy atom. The molecule has 3 aromatic rings. The monoisotopic (exact) mass is 455 g/mol. The van der Waals surface area contributed by atoms with Gasteiger partial charge in [0, 0.05) is 23.9 Å². The number of carbonyl (C=O) groups is 1. The summed E-state index contributed by atoms with van der Waals surface area (Å²) in [5.41, 5.74) is 4.04. The van der Waals surface area contributed by atoms with Crippen molar-refractivity contribution in [1.82, 2.24) is 10.3 Å². The summed E-state index contributed by atoms with van der Waals surface area (Å²) < 4.78 is 5.61. The van der Waals surface area contributed by atoms with Crippen LogP contribution in [0.3, 0.4) is 0 Å². The molecule has 4 rings (SSSR count). The zero-order valence-corrected chi connectivity index (χ0v) is 19.0. The van der Waals surface area contributed by atoms with Crippen LogP contribution in [-0.2, 0) is 16.0 Å². The standard InChI is InChI=1S/C27H25N3O4/c1-18-23(27(31)34-17-15-20-10-5-3-6-11-20)24(26(30(32)33)19(2)29-18)25-22(14-9-16-28-25)21-12-7-4-8-13-21/h3-14,16,24,29H,15,17H2,1-2H3. The van der Waals surface area contributed by atoms with Gasteiger partial charge in [-0.1, -0.05) is 66.7 Å². The lowest BCUT2D eigenvalue weighted by Crippen LogP contribution is -2.32. The molecule has 1 atom stereocenters. The van der Waals surface area contributed by atoms with Crippen LogP contribution in [0.1, 0.15) is 31.0 Å². The zero-order chi connectivity index (χ0) is 24.1. The van der Waals surface area contributed by atoms with Crippen LogP contribution in [0.25, 0.3) is 11.1 Å². The lowest BCUT2D eigenvalue weighted by Gasteiger charge is -2.27. The maximum Gasteiger partial charge on any atom is 0.337 e. The summed E-state index contributed by atoms with van der Waals surface area (Å²) in [6, 6.07) is 22.8. The van der Waals surface area contributed by atoms with E-state index in [1.165, 1.54) is 0 Å². The molecule has 7 heteroatoms. The lowest BCUT2D eigenvalue weighted by atomic mass is 9.83. The minimum absolute atomic E-state index is 0.114. The molecule has 0 spiro atoms. The van der Waals surface area contributed by atoms with Crippen LogP contribution in [0.15, 0.2) is 102 Å². The van der Waals surface area contributed by atoms with Crippen LogP contribution in [0.4, 0.5) is 0 Å². The van der Waals surface area contributed by atoms with Gasteiger partial charge in [0.05, 0.1) is 28.5 Å². The molecule has 1 aliphatic rings. The van der Waals surface area contributed by atoms with Crippen LogP contribution < -0.4 is 5.32 Å². The number of nitrogens with zero attached hydrogens (tertiary/aromatic N) is 2. The number of aromatic nitrogens is 1. The smallest absolute Gasteiger partial charge is 0.337 e. The van der Waals surface area contributed by atoms with E-state index in [9.17, 15) is 14.9 Å². The van der Waals surface area contributed by atoms with E-state index in [-0.39, 0.29) is 17.9 Å². The van der Waals surface area contributed by atoms with Crippen molar-refractivity contribution in [2.24, 2.45) is 0 Å². The summed E-state index contributed by atoms with van der Waals surface area (Å²) in [4.78, 5) is 29.6. The Kier molecular flexibility index (Phi) is 6.82. The first-order valence-electron chi connectivity index (χ1n) is 11.0. The average molecular weight is 456 g/mol. The summed E-state index contributed by atoms with van der Waals surface area (Å²) in [7, 11) is 0. The normalized spacial score (nSPS) is 15.6. The molecule has 172 valence electrons. The zero-order valence-electron chi connectivity index (χ0n) is 19.0. The second-order valence-electron chi connectivity index (χ2n) is 8.04. The highest BCUT2D eigenvalue weighted by Gasteiger charge is 2.42. The van der Waals surface area contributed by atoms with Crippen molar-refractivity contribution in [1.29, 1.82) is 0 Å². The second kappa shape index (κ2) is 10.1. The molecule has 2 aromatic carbocycles. The van der Waals surface area contributed by atoms with Crippen LogP contribution in [0, 0.1) is 10.1 Å². The fourth-order valence-electron chi connectivity index (χ4n) is 4.26. The minimum Gasteiger partial charge on any atom is -0.462 e. The molecule has 0 aliphatic carbocycles. The van der Waals surface area contributed by atoms with E-state index < -0.39 is 16.8 Å². The van der Waals surface area contributed by atoms with Crippen molar-refractivity contribution in [2.75, 3.05) is 6.61 Å². The van der Waals surface area contributed by atoms with Crippen LogP contribution >= 0.6 is 0 Å². The van der Waals surface area contributed by atoms with Gasteiger partial charge in [0.25, 0.3) is 5.70 Å². The molecule has 0 amide bonds. The highest BCUT2D eigenvalue weighted by Crippen LogP contribution is 2.41. The summed E-state index contributed by atoms with van der Waals surface area (Å²) in [5, 5.41) is 15.2. The van der Waals surface area contributed by atoms with Gasteiger partial charge in [-0.15, -0.1) is 0 Å². The Morgan fingerprint density at radius 1 is 1.00 bits per heavy atom. The van der Waals surface area contributed by atoms with Gasteiger partial charge in [-0.2, -0.15) is 0 Å². The number of ether oxygens (including phenoxy) is 1. The number of benzene rings is 2. The molecular weight excluding hydrogens is 430 g/mol. The van der Waals surface area contributed by atoms with Crippen LogP contribution in [-0.4, -0.2) is 22.5 Å². The fraction of sp³-hybridized carbons (Fsp3) is 0.185. The number of hydrogen-bond acceptors (Lipinski definition) is 6.